The van der Waals surface area contributed by atoms with Gasteiger partial charge in [0, 0.05) is 18.8 Å². The monoisotopic (exact) mass is 260 g/mol. The average Bonchev–Trinajstić information content (AvgIpc) is 2.47. The molecule has 1 aromatic rings. The maximum Gasteiger partial charge on any atom is 0.129 e. The predicted octanol–water partition coefficient (Wildman–Crippen LogP) is 3.29. The van der Waals surface area contributed by atoms with E-state index in [0.717, 1.165) is 23.8 Å². The lowest BCUT2D eigenvalue weighted by molar-refractivity contribution is 0.199. The van der Waals surface area contributed by atoms with Crippen molar-refractivity contribution in [2.45, 2.75) is 57.6 Å². The second-order valence-corrected chi connectivity index (χ2v) is 6.07. The smallest absolute Gasteiger partial charge is 0.129 e. The van der Waals surface area contributed by atoms with Crippen LogP contribution >= 0.6 is 0 Å². The van der Waals surface area contributed by atoms with Crippen LogP contribution in [-0.2, 0) is 0 Å². The molecular formula is C16H24N2O. The number of piperidine rings is 1. The molecule has 2 fully saturated rings. The Morgan fingerprint density at radius 1 is 1.26 bits per heavy atom. The van der Waals surface area contributed by atoms with Gasteiger partial charge in [-0.15, -0.1) is 0 Å². The van der Waals surface area contributed by atoms with Gasteiger partial charge in [-0.25, -0.2) is 4.98 Å². The number of anilines is 1. The zero-order valence-electron chi connectivity index (χ0n) is 11.8. The first kappa shape index (κ1) is 12.9. The zero-order chi connectivity index (χ0) is 13.2. The molecule has 1 saturated carbocycles. The summed E-state index contributed by atoms with van der Waals surface area (Å²) in [6.07, 6.45) is 9.55. The SMILES string of the molecule is CC(O)c1ccnc(N2CCCC3CCCCC32)c1. The highest BCUT2D eigenvalue weighted by molar-refractivity contribution is 5.43. The molecule has 3 heteroatoms. The molecule has 1 saturated heterocycles. The van der Waals surface area contributed by atoms with E-state index in [4.69, 9.17) is 0 Å². The van der Waals surface area contributed by atoms with Crippen molar-refractivity contribution in [3.63, 3.8) is 0 Å². The van der Waals surface area contributed by atoms with Crippen LogP contribution in [0.1, 0.15) is 57.1 Å². The minimum Gasteiger partial charge on any atom is -0.389 e. The molecule has 3 nitrogen and oxygen atoms in total. The van der Waals surface area contributed by atoms with Crippen LogP contribution in [0.25, 0.3) is 0 Å². The second-order valence-electron chi connectivity index (χ2n) is 6.07. The summed E-state index contributed by atoms with van der Waals surface area (Å²) in [5.74, 6) is 1.93. The highest BCUT2D eigenvalue weighted by atomic mass is 16.3. The number of hydrogen-bond donors (Lipinski definition) is 1. The molecule has 1 aliphatic heterocycles. The van der Waals surface area contributed by atoms with E-state index >= 15 is 0 Å². The molecule has 1 N–H and O–H groups in total. The molecule has 0 spiro atoms. The fourth-order valence-electron chi connectivity index (χ4n) is 3.76. The molecule has 104 valence electrons. The maximum atomic E-state index is 9.73. The lowest BCUT2D eigenvalue weighted by Gasteiger charge is -2.44. The van der Waals surface area contributed by atoms with Crippen LogP contribution in [0.3, 0.4) is 0 Å². The van der Waals surface area contributed by atoms with Crippen LogP contribution in [0.2, 0.25) is 0 Å². The summed E-state index contributed by atoms with van der Waals surface area (Å²) < 4.78 is 0. The topological polar surface area (TPSA) is 36.4 Å². The van der Waals surface area contributed by atoms with E-state index in [1.54, 1.807) is 0 Å². The van der Waals surface area contributed by atoms with Crippen LogP contribution in [0.5, 0.6) is 0 Å². The van der Waals surface area contributed by atoms with Crippen molar-refractivity contribution < 1.29 is 5.11 Å². The Hall–Kier alpha value is -1.09. The van der Waals surface area contributed by atoms with E-state index in [1.165, 1.54) is 38.5 Å². The molecule has 0 bridgehead atoms. The fourth-order valence-corrected chi connectivity index (χ4v) is 3.76. The third-order valence-electron chi connectivity index (χ3n) is 4.79. The first-order chi connectivity index (χ1) is 9.25. The Morgan fingerprint density at radius 3 is 2.89 bits per heavy atom. The van der Waals surface area contributed by atoms with Crippen molar-refractivity contribution in [2.75, 3.05) is 11.4 Å². The number of pyridine rings is 1. The van der Waals surface area contributed by atoms with Crippen LogP contribution in [0.4, 0.5) is 5.82 Å². The summed E-state index contributed by atoms with van der Waals surface area (Å²) in [4.78, 5) is 7.05. The third kappa shape index (κ3) is 2.62. The lowest BCUT2D eigenvalue weighted by atomic mass is 9.78. The first-order valence-corrected chi connectivity index (χ1v) is 7.66. The fraction of sp³-hybridized carbons (Fsp3) is 0.688. The molecule has 3 rings (SSSR count). The van der Waals surface area contributed by atoms with Gasteiger partial charge in [0.25, 0.3) is 0 Å². The van der Waals surface area contributed by atoms with Crippen molar-refractivity contribution >= 4 is 5.82 Å². The minimum absolute atomic E-state index is 0.409. The quantitative estimate of drug-likeness (QED) is 0.886. The van der Waals surface area contributed by atoms with Crippen LogP contribution in [-0.4, -0.2) is 22.7 Å². The number of aliphatic hydroxyl groups excluding tert-OH is 1. The van der Waals surface area contributed by atoms with Crippen LogP contribution in [0.15, 0.2) is 18.3 Å². The summed E-state index contributed by atoms with van der Waals surface area (Å²) in [5.41, 5.74) is 0.975. The molecule has 1 aliphatic carbocycles. The Balaban J connectivity index is 1.85. The number of aliphatic hydroxyl groups is 1. The summed E-state index contributed by atoms with van der Waals surface area (Å²) in [6, 6.07) is 4.66. The molecule has 1 aromatic heterocycles. The Bertz CT molecular complexity index is 431. The van der Waals surface area contributed by atoms with Gasteiger partial charge in [-0.05, 0) is 56.2 Å². The minimum atomic E-state index is -0.409. The largest absolute Gasteiger partial charge is 0.389 e. The summed E-state index contributed by atoms with van der Waals surface area (Å²) in [5, 5.41) is 9.73. The third-order valence-corrected chi connectivity index (χ3v) is 4.79. The van der Waals surface area contributed by atoms with E-state index in [-0.39, 0.29) is 0 Å². The molecule has 3 unspecified atom stereocenters. The normalized spacial score (nSPS) is 28.8. The maximum absolute atomic E-state index is 9.73. The van der Waals surface area contributed by atoms with Crippen molar-refractivity contribution in [3.8, 4) is 0 Å². The summed E-state index contributed by atoms with van der Waals surface area (Å²) >= 11 is 0. The molecule has 2 heterocycles. The molecule has 3 atom stereocenters. The van der Waals surface area contributed by atoms with Crippen molar-refractivity contribution in [2.24, 2.45) is 5.92 Å². The summed E-state index contributed by atoms with van der Waals surface area (Å²) in [7, 11) is 0. The van der Waals surface area contributed by atoms with Gasteiger partial charge in [-0.1, -0.05) is 12.8 Å². The van der Waals surface area contributed by atoms with Crippen LogP contribution in [0, 0.1) is 5.92 Å². The van der Waals surface area contributed by atoms with Gasteiger partial charge in [-0.3, -0.25) is 0 Å². The lowest BCUT2D eigenvalue weighted by Crippen LogP contribution is -2.47. The number of rotatable bonds is 2. The van der Waals surface area contributed by atoms with E-state index in [2.05, 4.69) is 16.0 Å². The Labute approximate surface area is 115 Å². The molecule has 0 aromatic carbocycles. The average molecular weight is 260 g/mol. The van der Waals surface area contributed by atoms with E-state index in [0.29, 0.717) is 6.04 Å². The number of aromatic nitrogens is 1. The standard InChI is InChI=1S/C16H24N2O/c1-12(19)14-8-9-17-16(11-14)18-10-4-6-13-5-2-3-7-15(13)18/h8-9,11-13,15,19H,2-7,10H2,1H3. The molecule has 19 heavy (non-hydrogen) atoms. The Morgan fingerprint density at radius 2 is 2.05 bits per heavy atom. The van der Waals surface area contributed by atoms with Gasteiger partial charge in [0.1, 0.15) is 5.82 Å². The molecule has 0 amide bonds. The van der Waals surface area contributed by atoms with E-state index in [1.807, 2.05) is 19.2 Å². The highest BCUT2D eigenvalue weighted by Gasteiger charge is 2.33. The first-order valence-electron chi connectivity index (χ1n) is 7.66. The molecule has 2 aliphatic rings. The molecule has 0 radical (unpaired) electrons. The van der Waals surface area contributed by atoms with Gasteiger partial charge in [0.2, 0.25) is 0 Å². The van der Waals surface area contributed by atoms with Gasteiger partial charge in [-0.2, -0.15) is 0 Å². The van der Waals surface area contributed by atoms with Gasteiger partial charge in [0.05, 0.1) is 6.10 Å². The zero-order valence-corrected chi connectivity index (χ0v) is 11.8. The van der Waals surface area contributed by atoms with Crippen molar-refractivity contribution in [1.82, 2.24) is 4.98 Å². The number of nitrogens with zero attached hydrogens (tertiary/aromatic N) is 2. The van der Waals surface area contributed by atoms with Gasteiger partial charge < -0.3 is 10.0 Å². The van der Waals surface area contributed by atoms with Gasteiger partial charge >= 0.3 is 0 Å². The summed E-state index contributed by atoms with van der Waals surface area (Å²) in [6.45, 7) is 2.94. The molecular weight excluding hydrogens is 236 g/mol. The van der Waals surface area contributed by atoms with Crippen LogP contribution < -0.4 is 4.90 Å². The second kappa shape index (κ2) is 5.49. The number of hydrogen-bond acceptors (Lipinski definition) is 3. The van der Waals surface area contributed by atoms with E-state index in [9.17, 15) is 5.11 Å². The van der Waals surface area contributed by atoms with Crippen molar-refractivity contribution in [1.29, 1.82) is 0 Å². The highest BCUT2D eigenvalue weighted by Crippen LogP contribution is 2.37. The van der Waals surface area contributed by atoms with Crippen molar-refractivity contribution in [3.05, 3.63) is 23.9 Å². The number of fused-ring (bicyclic) bond motifs is 1. The van der Waals surface area contributed by atoms with E-state index < -0.39 is 6.10 Å². The predicted molar refractivity (Wildman–Crippen MR) is 77.2 cm³/mol. The Kier molecular flexibility index (Phi) is 3.74. The van der Waals surface area contributed by atoms with Gasteiger partial charge in [0.15, 0.2) is 0 Å².